The third kappa shape index (κ3) is 4.03. The maximum absolute atomic E-state index is 6.10. The van der Waals surface area contributed by atoms with E-state index < -0.39 is 0 Å². The second-order valence-corrected chi connectivity index (χ2v) is 5.99. The van der Waals surface area contributed by atoms with Crippen LogP contribution in [0, 0.1) is 0 Å². The van der Waals surface area contributed by atoms with Crippen LogP contribution in [0.2, 0.25) is 10.0 Å². The SMILES string of the molecule is CSc1cccc(NC(=S)Nc2cccc(Cl)c2Cl)c1. The monoisotopic (exact) mass is 342 g/mol. The van der Waals surface area contributed by atoms with E-state index in [-0.39, 0.29) is 0 Å². The number of thioether (sulfide) groups is 1. The van der Waals surface area contributed by atoms with Gasteiger partial charge in [-0.2, -0.15) is 0 Å². The van der Waals surface area contributed by atoms with Gasteiger partial charge in [-0.05, 0) is 48.8 Å². The molecule has 0 unspecified atom stereocenters. The summed E-state index contributed by atoms with van der Waals surface area (Å²) in [5.74, 6) is 0. The highest BCUT2D eigenvalue weighted by molar-refractivity contribution is 7.98. The second kappa shape index (κ2) is 7.18. The summed E-state index contributed by atoms with van der Waals surface area (Å²) in [6.45, 7) is 0. The van der Waals surface area contributed by atoms with Gasteiger partial charge in [0.15, 0.2) is 5.11 Å². The molecule has 0 aliphatic heterocycles. The van der Waals surface area contributed by atoms with Gasteiger partial charge in [0.25, 0.3) is 0 Å². The molecule has 0 radical (unpaired) electrons. The van der Waals surface area contributed by atoms with E-state index in [1.807, 2.05) is 42.7 Å². The fourth-order valence-corrected chi connectivity index (χ4v) is 2.62. The average molecular weight is 343 g/mol. The van der Waals surface area contributed by atoms with Crippen LogP contribution in [0.4, 0.5) is 11.4 Å². The van der Waals surface area contributed by atoms with E-state index in [1.165, 1.54) is 4.90 Å². The van der Waals surface area contributed by atoms with E-state index in [1.54, 1.807) is 17.8 Å². The minimum atomic E-state index is 0.455. The summed E-state index contributed by atoms with van der Waals surface area (Å²) in [5.41, 5.74) is 1.60. The van der Waals surface area contributed by atoms with Gasteiger partial charge in [-0.25, -0.2) is 0 Å². The number of rotatable bonds is 3. The minimum Gasteiger partial charge on any atom is -0.332 e. The standard InChI is InChI=1S/C14H12Cl2N2S2/c1-20-10-5-2-4-9(8-10)17-14(19)18-12-7-3-6-11(15)13(12)16/h2-8H,1H3,(H2,17,18,19). The van der Waals surface area contributed by atoms with Crippen molar-refractivity contribution in [3.8, 4) is 0 Å². The molecule has 0 saturated heterocycles. The molecule has 2 aromatic carbocycles. The van der Waals surface area contributed by atoms with Crippen LogP contribution in [0.15, 0.2) is 47.4 Å². The van der Waals surface area contributed by atoms with E-state index in [2.05, 4.69) is 10.6 Å². The first-order valence-corrected chi connectivity index (χ1v) is 8.15. The lowest BCUT2D eigenvalue weighted by molar-refractivity contribution is 1.46. The van der Waals surface area contributed by atoms with Crippen LogP contribution in [0.3, 0.4) is 0 Å². The Kier molecular flexibility index (Phi) is 5.54. The van der Waals surface area contributed by atoms with Gasteiger partial charge < -0.3 is 10.6 Å². The van der Waals surface area contributed by atoms with Crippen molar-refractivity contribution in [1.29, 1.82) is 0 Å². The number of thiocarbonyl (C=S) groups is 1. The molecule has 0 aliphatic rings. The lowest BCUT2D eigenvalue weighted by Crippen LogP contribution is -2.19. The van der Waals surface area contributed by atoms with E-state index in [4.69, 9.17) is 35.4 Å². The third-order valence-electron chi connectivity index (χ3n) is 2.53. The molecular weight excluding hydrogens is 331 g/mol. The Bertz CT molecular complexity index is 632. The predicted molar refractivity (Wildman–Crippen MR) is 94.5 cm³/mol. The Morgan fingerprint density at radius 2 is 1.85 bits per heavy atom. The van der Waals surface area contributed by atoms with Crippen LogP contribution in [0.25, 0.3) is 0 Å². The van der Waals surface area contributed by atoms with Gasteiger partial charge in [0.05, 0.1) is 15.7 Å². The first-order valence-electron chi connectivity index (χ1n) is 5.76. The van der Waals surface area contributed by atoms with Crippen LogP contribution in [-0.2, 0) is 0 Å². The fraction of sp³-hybridized carbons (Fsp3) is 0.0714. The summed E-state index contributed by atoms with van der Waals surface area (Å²) in [6, 6.07) is 13.4. The summed E-state index contributed by atoms with van der Waals surface area (Å²) >= 11 is 19.0. The molecule has 0 fully saturated rings. The van der Waals surface area contributed by atoms with Gasteiger partial charge >= 0.3 is 0 Å². The molecule has 20 heavy (non-hydrogen) atoms. The van der Waals surface area contributed by atoms with Gasteiger partial charge in [-0.15, -0.1) is 11.8 Å². The minimum absolute atomic E-state index is 0.455. The molecule has 0 bridgehead atoms. The summed E-state index contributed by atoms with van der Waals surface area (Å²) in [5, 5.41) is 7.56. The number of anilines is 2. The van der Waals surface area contributed by atoms with Crippen molar-refractivity contribution in [3.63, 3.8) is 0 Å². The van der Waals surface area contributed by atoms with E-state index >= 15 is 0 Å². The summed E-state index contributed by atoms with van der Waals surface area (Å²) < 4.78 is 0. The Hall–Kier alpha value is -0.940. The maximum atomic E-state index is 6.10. The normalized spacial score (nSPS) is 10.2. The Balaban J connectivity index is 2.07. The van der Waals surface area contributed by atoms with E-state index in [9.17, 15) is 0 Å². The Morgan fingerprint density at radius 1 is 1.10 bits per heavy atom. The summed E-state index contributed by atoms with van der Waals surface area (Å²) in [4.78, 5) is 1.17. The van der Waals surface area contributed by atoms with Crippen LogP contribution in [-0.4, -0.2) is 11.4 Å². The third-order valence-corrected chi connectivity index (χ3v) is 4.28. The Morgan fingerprint density at radius 3 is 2.60 bits per heavy atom. The lowest BCUT2D eigenvalue weighted by Gasteiger charge is -2.12. The van der Waals surface area contributed by atoms with Gasteiger partial charge in [0.1, 0.15) is 0 Å². The van der Waals surface area contributed by atoms with Gasteiger partial charge in [0.2, 0.25) is 0 Å². The van der Waals surface area contributed by atoms with Crippen LogP contribution in [0.5, 0.6) is 0 Å². The zero-order valence-electron chi connectivity index (χ0n) is 10.6. The van der Waals surface area contributed by atoms with Crippen molar-refractivity contribution in [1.82, 2.24) is 0 Å². The van der Waals surface area contributed by atoms with E-state index in [0.717, 1.165) is 5.69 Å². The van der Waals surface area contributed by atoms with Crippen molar-refractivity contribution in [2.75, 3.05) is 16.9 Å². The van der Waals surface area contributed by atoms with Gasteiger partial charge in [-0.1, -0.05) is 35.3 Å². The van der Waals surface area contributed by atoms with Crippen molar-refractivity contribution >= 4 is 63.7 Å². The Labute approximate surface area is 137 Å². The molecule has 0 spiro atoms. The zero-order chi connectivity index (χ0) is 14.5. The molecule has 2 N–H and O–H groups in total. The molecule has 0 aliphatic carbocycles. The van der Waals surface area contributed by atoms with Crippen molar-refractivity contribution in [2.45, 2.75) is 4.90 Å². The van der Waals surface area contributed by atoms with Gasteiger partial charge in [0, 0.05) is 10.6 Å². The molecule has 0 heterocycles. The van der Waals surface area contributed by atoms with Crippen molar-refractivity contribution < 1.29 is 0 Å². The highest BCUT2D eigenvalue weighted by atomic mass is 35.5. The van der Waals surface area contributed by atoms with Crippen LogP contribution < -0.4 is 10.6 Å². The quantitative estimate of drug-likeness (QED) is 0.566. The number of nitrogens with one attached hydrogen (secondary N) is 2. The zero-order valence-corrected chi connectivity index (χ0v) is 13.8. The van der Waals surface area contributed by atoms with Gasteiger partial charge in [-0.3, -0.25) is 0 Å². The number of hydrogen-bond acceptors (Lipinski definition) is 2. The lowest BCUT2D eigenvalue weighted by atomic mass is 10.3. The molecule has 0 atom stereocenters. The molecular formula is C14H12Cl2N2S2. The molecule has 2 rings (SSSR count). The summed E-state index contributed by atoms with van der Waals surface area (Å²) in [7, 11) is 0. The number of benzene rings is 2. The molecule has 2 aromatic rings. The molecule has 104 valence electrons. The fourth-order valence-electron chi connectivity index (χ4n) is 1.59. The van der Waals surface area contributed by atoms with Crippen LogP contribution >= 0.6 is 47.2 Å². The average Bonchev–Trinajstić information content (AvgIpc) is 2.44. The van der Waals surface area contributed by atoms with E-state index in [0.29, 0.717) is 20.8 Å². The summed E-state index contributed by atoms with van der Waals surface area (Å²) in [6.07, 6.45) is 2.03. The smallest absolute Gasteiger partial charge is 0.175 e. The topological polar surface area (TPSA) is 24.1 Å². The highest BCUT2D eigenvalue weighted by Crippen LogP contribution is 2.29. The molecule has 0 aromatic heterocycles. The molecule has 2 nitrogen and oxygen atoms in total. The van der Waals surface area contributed by atoms with Crippen LogP contribution in [0.1, 0.15) is 0 Å². The first-order chi connectivity index (χ1) is 9.60. The highest BCUT2D eigenvalue weighted by Gasteiger charge is 2.06. The number of halogens is 2. The molecule has 6 heteroatoms. The van der Waals surface area contributed by atoms with Crippen molar-refractivity contribution in [2.24, 2.45) is 0 Å². The second-order valence-electron chi connectivity index (χ2n) is 3.91. The maximum Gasteiger partial charge on any atom is 0.175 e. The largest absolute Gasteiger partial charge is 0.332 e. The molecule has 0 saturated carbocycles. The predicted octanol–water partition coefficient (Wildman–Crippen LogP) is 5.52. The first kappa shape index (κ1) is 15.4. The van der Waals surface area contributed by atoms with Crippen molar-refractivity contribution in [3.05, 3.63) is 52.5 Å². The molecule has 0 amide bonds. The number of hydrogen-bond donors (Lipinski definition) is 2.